The van der Waals surface area contributed by atoms with Gasteiger partial charge in [-0.25, -0.2) is 9.97 Å². The summed E-state index contributed by atoms with van der Waals surface area (Å²) in [7, 11) is 0. The van der Waals surface area contributed by atoms with Crippen LogP contribution in [0.5, 0.6) is 0 Å². The third kappa shape index (κ3) is 3.48. The molecule has 0 aliphatic carbocycles. The first-order valence-electron chi connectivity index (χ1n) is 10.6. The van der Waals surface area contributed by atoms with Crippen molar-refractivity contribution < 1.29 is 24.1 Å². The lowest BCUT2D eigenvalue weighted by atomic mass is 9.94. The van der Waals surface area contributed by atoms with E-state index in [0.717, 1.165) is 0 Å². The van der Waals surface area contributed by atoms with Gasteiger partial charge in [0, 0.05) is 11.8 Å². The largest absolute Gasteiger partial charge is 0.394 e. The topological polar surface area (TPSA) is 108 Å². The molecule has 0 radical (unpaired) electrons. The summed E-state index contributed by atoms with van der Waals surface area (Å²) in [6.45, 7) is 5.09. The molecule has 1 amide bonds. The minimum atomic E-state index is -1.14. The second-order valence-corrected chi connectivity index (χ2v) is 8.42. The van der Waals surface area contributed by atoms with E-state index in [1.54, 1.807) is 48.0 Å². The van der Waals surface area contributed by atoms with Crippen molar-refractivity contribution in [1.29, 1.82) is 0 Å². The van der Waals surface area contributed by atoms with E-state index in [2.05, 4.69) is 27.1 Å². The lowest BCUT2D eigenvalue weighted by molar-refractivity contribution is -0.210. The Bertz CT molecular complexity index is 1260. The van der Waals surface area contributed by atoms with Crippen molar-refractivity contribution >= 4 is 22.8 Å². The van der Waals surface area contributed by atoms with Crippen molar-refractivity contribution in [1.82, 2.24) is 14.5 Å². The Kier molecular flexibility index (Phi) is 5.18. The SMILES string of the molecule is CC#C[C@@]12OC(C)(C)O[C@@H]1[C@@H](CO)OC2n1ccc2c(NC(=O)c3ccccc3)ncnc21. The summed E-state index contributed by atoms with van der Waals surface area (Å²) in [4.78, 5) is 21.4. The predicted molar refractivity (Wildman–Crippen MR) is 119 cm³/mol. The molecule has 2 aliphatic rings. The number of aliphatic hydroxyl groups excluding tert-OH is 1. The Hall–Kier alpha value is -3.29. The zero-order chi connectivity index (χ0) is 23.2. The molecule has 9 heteroatoms. The minimum Gasteiger partial charge on any atom is -0.394 e. The van der Waals surface area contributed by atoms with Crippen molar-refractivity contribution in [2.45, 2.75) is 50.6 Å². The molecule has 2 N–H and O–H groups in total. The molecule has 4 atom stereocenters. The number of anilines is 1. The number of hydrogen-bond donors (Lipinski definition) is 2. The Balaban J connectivity index is 1.56. The van der Waals surface area contributed by atoms with E-state index in [4.69, 9.17) is 14.2 Å². The first-order chi connectivity index (χ1) is 15.9. The number of rotatable bonds is 4. The van der Waals surface area contributed by atoms with E-state index >= 15 is 0 Å². The van der Waals surface area contributed by atoms with Crippen LogP contribution in [0.3, 0.4) is 0 Å². The molecule has 1 aromatic carbocycles. The van der Waals surface area contributed by atoms with Gasteiger partial charge in [-0.05, 0) is 39.0 Å². The monoisotopic (exact) mass is 448 g/mol. The normalized spacial score (nSPS) is 27.7. The molecular weight excluding hydrogens is 424 g/mol. The molecule has 1 unspecified atom stereocenters. The highest BCUT2D eigenvalue weighted by Crippen LogP contribution is 2.51. The Labute approximate surface area is 190 Å². The van der Waals surface area contributed by atoms with E-state index in [0.29, 0.717) is 22.4 Å². The number of benzene rings is 1. The molecule has 2 saturated heterocycles. The van der Waals surface area contributed by atoms with Gasteiger partial charge in [-0.15, -0.1) is 5.92 Å². The molecule has 0 bridgehead atoms. The van der Waals surface area contributed by atoms with Gasteiger partial charge < -0.3 is 29.2 Å². The third-order valence-corrected chi connectivity index (χ3v) is 5.79. The predicted octanol–water partition coefficient (Wildman–Crippen LogP) is 2.49. The van der Waals surface area contributed by atoms with Gasteiger partial charge in [0.15, 0.2) is 12.0 Å². The van der Waals surface area contributed by atoms with Crippen LogP contribution in [0.2, 0.25) is 0 Å². The minimum absolute atomic E-state index is 0.250. The summed E-state index contributed by atoms with van der Waals surface area (Å²) in [5.74, 6) is 5.27. The average molecular weight is 448 g/mol. The molecule has 0 saturated carbocycles. The van der Waals surface area contributed by atoms with Crippen LogP contribution in [0, 0.1) is 11.8 Å². The lowest BCUT2D eigenvalue weighted by Crippen LogP contribution is -2.44. The number of ether oxygens (including phenoxy) is 3. The molecule has 33 heavy (non-hydrogen) atoms. The number of fused-ring (bicyclic) bond motifs is 2. The number of aliphatic hydroxyl groups is 1. The van der Waals surface area contributed by atoms with Crippen molar-refractivity contribution in [2.75, 3.05) is 11.9 Å². The lowest BCUT2D eigenvalue weighted by Gasteiger charge is -2.29. The number of nitrogens with zero attached hydrogens (tertiary/aromatic N) is 3. The second-order valence-electron chi connectivity index (χ2n) is 8.42. The van der Waals surface area contributed by atoms with Crippen molar-refractivity contribution in [3.05, 3.63) is 54.5 Å². The first-order valence-corrected chi connectivity index (χ1v) is 10.6. The fourth-order valence-electron chi connectivity index (χ4n) is 4.56. The van der Waals surface area contributed by atoms with Crippen LogP contribution in [0.15, 0.2) is 48.9 Å². The molecule has 170 valence electrons. The number of carbonyl (C=O) groups is 1. The van der Waals surface area contributed by atoms with Gasteiger partial charge in [-0.1, -0.05) is 24.1 Å². The summed E-state index contributed by atoms with van der Waals surface area (Å²) in [5, 5.41) is 13.4. The maximum Gasteiger partial charge on any atom is 0.256 e. The highest BCUT2D eigenvalue weighted by atomic mass is 16.8. The van der Waals surface area contributed by atoms with Gasteiger partial charge in [0.2, 0.25) is 5.60 Å². The highest BCUT2D eigenvalue weighted by Gasteiger charge is 2.66. The molecule has 2 aliphatic heterocycles. The van der Waals surface area contributed by atoms with Gasteiger partial charge in [0.25, 0.3) is 5.91 Å². The maximum atomic E-state index is 12.7. The number of carbonyl (C=O) groups excluding carboxylic acids is 1. The van der Waals surface area contributed by atoms with E-state index in [-0.39, 0.29) is 12.5 Å². The molecule has 0 spiro atoms. The van der Waals surface area contributed by atoms with Crippen molar-refractivity contribution in [2.24, 2.45) is 0 Å². The van der Waals surface area contributed by atoms with Crippen LogP contribution < -0.4 is 5.32 Å². The summed E-state index contributed by atoms with van der Waals surface area (Å²) in [5.41, 5.74) is -0.0932. The smallest absolute Gasteiger partial charge is 0.256 e. The quantitative estimate of drug-likeness (QED) is 0.591. The molecule has 2 fully saturated rings. The van der Waals surface area contributed by atoms with Gasteiger partial charge in [0.1, 0.15) is 30.0 Å². The van der Waals surface area contributed by atoms with Crippen LogP contribution in [-0.4, -0.2) is 55.8 Å². The Morgan fingerprint density at radius 3 is 2.76 bits per heavy atom. The van der Waals surface area contributed by atoms with Gasteiger partial charge in [-0.2, -0.15) is 0 Å². The Morgan fingerprint density at radius 1 is 1.24 bits per heavy atom. The summed E-state index contributed by atoms with van der Waals surface area (Å²) in [6, 6.07) is 10.7. The number of hydrogen-bond acceptors (Lipinski definition) is 7. The van der Waals surface area contributed by atoms with E-state index in [9.17, 15) is 9.90 Å². The zero-order valence-corrected chi connectivity index (χ0v) is 18.5. The van der Waals surface area contributed by atoms with Gasteiger partial charge in [0.05, 0.1) is 12.0 Å². The maximum absolute atomic E-state index is 12.7. The molecule has 5 rings (SSSR count). The van der Waals surface area contributed by atoms with Crippen LogP contribution >= 0.6 is 0 Å². The molecule has 9 nitrogen and oxygen atoms in total. The molecule has 2 aromatic heterocycles. The van der Waals surface area contributed by atoms with Crippen molar-refractivity contribution in [3.8, 4) is 11.8 Å². The van der Waals surface area contributed by atoms with Crippen LogP contribution in [-0.2, 0) is 14.2 Å². The van der Waals surface area contributed by atoms with Crippen LogP contribution in [0.1, 0.15) is 37.4 Å². The van der Waals surface area contributed by atoms with Gasteiger partial charge in [-0.3, -0.25) is 4.79 Å². The first kappa shape index (κ1) is 21.6. The number of nitrogens with one attached hydrogen (secondary N) is 1. The van der Waals surface area contributed by atoms with Crippen LogP contribution in [0.25, 0.3) is 11.0 Å². The van der Waals surface area contributed by atoms with Crippen LogP contribution in [0.4, 0.5) is 5.82 Å². The average Bonchev–Trinajstić information content (AvgIpc) is 3.42. The zero-order valence-electron chi connectivity index (χ0n) is 18.5. The van der Waals surface area contributed by atoms with E-state index < -0.39 is 29.8 Å². The molecular formula is C24H24N4O5. The summed E-state index contributed by atoms with van der Waals surface area (Å²) < 4.78 is 20.4. The standard InChI is InChI=1S/C24H24N4O5/c1-4-11-24-18(32-23(2,3)33-24)17(13-29)31-22(24)28-12-10-16-19(25-14-26-20(16)28)27-21(30)15-8-6-5-7-9-15/h5-10,12,14,17-18,22,29H,13H2,1-3H3,(H,25,26,27,30)/t17-,18-,22?,24-/m1/s1. The number of amides is 1. The highest BCUT2D eigenvalue weighted by molar-refractivity contribution is 6.07. The molecule has 4 heterocycles. The Morgan fingerprint density at radius 2 is 2.03 bits per heavy atom. The fourth-order valence-corrected chi connectivity index (χ4v) is 4.56. The van der Waals surface area contributed by atoms with Gasteiger partial charge >= 0.3 is 0 Å². The molecule has 3 aromatic rings. The van der Waals surface area contributed by atoms with E-state index in [1.165, 1.54) is 6.33 Å². The third-order valence-electron chi connectivity index (χ3n) is 5.79. The van der Waals surface area contributed by atoms with E-state index in [1.807, 2.05) is 19.9 Å². The van der Waals surface area contributed by atoms with Crippen molar-refractivity contribution in [3.63, 3.8) is 0 Å². The second kappa shape index (κ2) is 7.93. The summed E-state index contributed by atoms with van der Waals surface area (Å²) in [6.07, 6.45) is 1.20. The number of aromatic nitrogens is 3. The summed E-state index contributed by atoms with van der Waals surface area (Å²) >= 11 is 0. The fraction of sp³-hybridized carbons (Fsp3) is 0.375.